The lowest BCUT2D eigenvalue weighted by Gasteiger charge is -2.45. The Morgan fingerprint density at radius 2 is 0.460 bits per heavy atom. The van der Waals surface area contributed by atoms with Gasteiger partial charge in [0.1, 0.15) is 52.7 Å². The van der Waals surface area contributed by atoms with Gasteiger partial charge in [0.25, 0.3) is 0 Å². The molecule has 2 nitrogen and oxygen atoms in total. The van der Waals surface area contributed by atoms with E-state index in [1.165, 1.54) is 0 Å². The quantitative estimate of drug-likeness (QED) is 0.111. The van der Waals surface area contributed by atoms with Crippen LogP contribution in [0.5, 0.6) is 0 Å². The third-order valence-electron chi connectivity index (χ3n) is 7.99. The molecule has 0 atom stereocenters. The molecule has 0 saturated heterocycles. The van der Waals surface area contributed by atoms with Crippen molar-refractivity contribution < 1.29 is 92.3 Å². The molecule has 50 heavy (non-hydrogen) atoms. The van der Waals surface area contributed by atoms with Crippen molar-refractivity contribution in [2.24, 2.45) is 0 Å². The molecule has 0 radical (unpaired) electrons. The fraction of sp³-hybridized carbons (Fsp3) is 0.111. The molecule has 23 heteroatoms. The van der Waals surface area contributed by atoms with Crippen LogP contribution in [0.4, 0.5) is 83.4 Å². The van der Waals surface area contributed by atoms with Crippen LogP contribution < -0.4 is 27.0 Å². The van der Waals surface area contributed by atoms with Gasteiger partial charge in [-0.3, -0.25) is 0 Å². The Bertz CT molecular complexity index is 1840. The molecule has 4 rings (SSSR count). The van der Waals surface area contributed by atoms with Crippen LogP contribution in [0.1, 0.15) is 0 Å². The molecule has 0 heterocycles. The Labute approximate surface area is 265 Å². The minimum absolute atomic E-state index is 0.588. The standard InChI is InChI=1S/C27H9BF19O2Si/c1-48-50(3,49-2)27-25(46)14(35)7(15(36)26(27)47)28(4-8(29)16(37)22(43)17(38)9(4)30,5-10(31)18(39)23(44)19(40)11(5)32)6-12(33)20(41)24(45)21(42)13(6)34/h1-3H3/q-1. The molecule has 0 aliphatic carbocycles. The highest BCUT2D eigenvalue weighted by atomic mass is 28.4. The van der Waals surface area contributed by atoms with Crippen molar-refractivity contribution in [3.63, 3.8) is 0 Å². The Morgan fingerprint density at radius 1 is 0.300 bits per heavy atom. The van der Waals surface area contributed by atoms with Crippen LogP contribution in [0.15, 0.2) is 0 Å². The number of hydrogen-bond acceptors (Lipinski definition) is 2. The lowest BCUT2D eigenvalue weighted by molar-refractivity contribution is 0.261. The van der Waals surface area contributed by atoms with Crippen molar-refractivity contribution in [3.8, 4) is 0 Å². The minimum Gasteiger partial charge on any atom is -0.394 e. The summed E-state index contributed by atoms with van der Waals surface area (Å²) in [6, 6.07) is 0. The van der Waals surface area contributed by atoms with Gasteiger partial charge in [-0.15, -0.1) is 21.9 Å². The second-order valence-electron chi connectivity index (χ2n) is 10.2. The summed E-state index contributed by atoms with van der Waals surface area (Å²) in [4.78, 5) is 0. The van der Waals surface area contributed by atoms with Crippen LogP contribution in [-0.4, -0.2) is 28.9 Å². The van der Waals surface area contributed by atoms with Crippen molar-refractivity contribution in [3.05, 3.63) is 111 Å². The summed E-state index contributed by atoms with van der Waals surface area (Å²) in [7, 11) is -3.69. The summed E-state index contributed by atoms with van der Waals surface area (Å²) >= 11 is 0. The molecule has 0 fully saturated rings. The normalized spacial score (nSPS) is 12.4. The average molecular weight is 765 g/mol. The van der Waals surface area contributed by atoms with Crippen molar-refractivity contribution in [1.82, 2.24) is 0 Å². The molecular weight excluding hydrogens is 756 g/mol. The Balaban J connectivity index is 2.68. The topological polar surface area (TPSA) is 18.5 Å². The van der Waals surface area contributed by atoms with Crippen molar-refractivity contribution in [1.29, 1.82) is 0 Å². The van der Waals surface area contributed by atoms with Gasteiger partial charge in [0.05, 0.1) is 5.19 Å². The zero-order valence-electron chi connectivity index (χ0n) is 24.1. The van der Waals surface area contributed by atoms with Crippen LogP contribution in [0.2, 0.25) is 6.55 Å². The van der Waals surface area contributed by atoms with E-state index in [1.807, 2.05) is 0 Å². The van der Waals surface area contributed by atoms with Gasteiger partial charge in [-0.2, -0.15) is 0 Å². The lowest BCUT2D eigenvalue weighted by Crippen LogP contribution is -2.81. The molecule has 4 aromatic carbocycles. The molecule has 0 bridgehead atoms. The lowest BCUT2D eigenvalue weighted by atomic mass is 9.12. The molecule has 270 valence electrons. The summed E-state index contributed by atoms with van der Waals surface area (Å²) in [5.41, 5.74) is -13.9. The maximum Gasteiger partial charge on any atom is 0.374 e. The van der Waals surface area contributed by atoms with E-state index in [0.717, 1.165) is 0 Å². The van der Waals surface area contributed by atoms with E-state index < -0.39 is 152 Å². The molecular formula is C27H9BF19O2Si-. The van der Waals surface area contributed by atoms with Crippen LogP contribution in [0, 0.1) is 111 Å². The molecule has 0 unspecified atom stereocenters. The average Bonchev–Trinajstić information content (AvgIpc) is 3.08. The van der Waals surface area contributed by atoms with Gasteiger partial charge in [0, 0.05) is 14.2 Å². The number of benzene rings is 4. The smallest absolute Gasteiger partial charge is 0.374 e. The van der Waals surface area contributed by atoms with Crippen LogP contribution in [-0.2, 0) is 8.85 Å². The van der Waals surface area contributed by atoms with Gasteiger partial charge >= 0.3 is 8.56 Å². The Kier molecular flexibility index (Phi) is 9.88. The highest BCUT2D eigenvalue weighted by molar-refractivity contribution is 7.20. The SMILES string of the molecule is CO[Si](C)(OC)c1c(F)c(F)c([B-](c2c(F)c(F)c(F)c(F)c2F)(c2c(F)c(F)c(F)c(F)c2F)c2c(F)c(F)c(F)c(F)c2F)c(F)c1F. The summed E-state index contributed by atoms with van der Waals surface area (Å²) < 4.78 is 299. The monoisotopic (exact) mass is 765 g/mol. The first-order chi connectivity index (χ1) is 23.0. The van der Waals surface area contributed by atoms with Crippen LogP contribution >= 0.6 is 0 Å². The Morgan fingerprint density at radius 3 is 0.640 bits per heavy atom. The highest BCUT2D eigenvalue weighted by Crippen LogP contribution is 2.30. The van der Waals surface area contributed by atoms with Crippen LogP contribution in [0.25, 0.3) is 0 Å². The van der Waals surface area contributed by atoms with E-state index in [1.54, 1.807) is 0 Å². The van der Waals surface area contributed by atoms with E-state index in [0.29, 0.717) is 20.8 Å². The second-order valence-corrected chi connectivity index (χ2v) is 13.4. The maximum absolute atomic E-state index is 16.3. The fourth-order valence-electron chi connectivity index (χ4n) is 5.59. The van der Waals surface area contributed by atoms with Crippen molar-refractivity contribution in [2.75, 3.05) is 14.2 Å². The first-order valence-corrected chi connectivity index (χ1v) is 15.0. The molecule has 0 aromatic heterocycles. The summed E-state index contributed by atoms with van der Waals surface area (Å²) in [6.07, 6.45) is -7.17. The number of halogens is 19. The third-order valence-corrected chi connectivity index (χ3v) is 10.9. The fourth-order valence-corrected chi connectivity index (χ4v) is 7.18. The van der Waals surface area contributed by atoms with Crippen LogP contribution in [0.3, 0.4) is 0 Å². The molecule has 0 aliphatic rings. The summed E-state index contributed by atoms with van der Waals surface area (Å²) in [5, 5.41) is -2.00. The zero-order chi connectivity index (χ0) is 38.3. The van der Waals surface area contributed by atoms with Gasteiger partial charge < -0.3 is 8.85 Å². The highest BCUT2D eigenvalue weighted by Gasteiger charge is 2.53. The minimum atomic E-state index is -7.17. The molecule has 0 amide bonds. The molecule has 0 spiro atoms. The zero-order valence-corrected chi connectivity index (χ0v) is 25.1. The molecule has 4 aromatic rings. The van der Waals surface area contributed by atoms with E-state index in [2.05, 4.69) is 0 Å². The number of rotatable bonds is 7. The Hall–Kier alpha value is -4.25. The molecule has 0 N–H and O–H groups in total. The van der Waals surface area contributed by atoms with E-state index in [-0.39, 0.29) is 0 Å². The largest absolute Gasteiger partial charge is 0.394 e. The van der Waals surface area contributed by atoms with Crippen molar-refractivity contribution in [2.45, 2.75) is 6.55 Å². The molecule has 0 aliphatic heterocycles. The van der Waals surface area contributed by atoms with Gasteiger partial charge in [-0.05, 0) is 6.55 Å². The second kappa shape index (κ2) is 12.8. The maximum atomic E-state index is 16.3. The number of hydrogen-bond donors (Lipinski definition) is 0. The van der Waals surface area contributed by atoms with Gasteiger partial charge in [-0.25, -0.2) is 83.4 Å². The van der Waals surface area contributed by atoms with Gasteiger partial charge in [0.15, 0.2) is 64.0 Å². The van der Waals surface area contributed by atoms with E-state index >= 15 is 43.9 Å². The third kappa shape index (κ3) is 4.90. The summed E-state index contributed by atoms with van der Waals surface area (Å²) in [6.45, 7) is 0.601. The first kappa shape index (κ1) is 38.6. The predicted octanol–water partition coefficient (Wildman–Crippen LogP) is 5.28. The first-order valence-electron chi connectivity index (χ1n) is 12.7. The molecule has 0 saturated carbocycles. The summed E-state index contributed by atoms with van der Waals surface area (Å²) in [5.74, 6) is -65.7. The van der Waals surface area contributed by atoms with Gasteiger partial charge in [-0.1, -0.05) is 0 Å². The van der Waals surface area contributed by atoms with E-state index in [4.69, 9.17) is 8.85 Å². The van der Waals surface area contributed by atoms with E-state index in [9.17, 15) is 39.5 Å². The van der Waals surface area contributed by atoms with Gasteiger partial charge in [0.2, 0.25) is 0 Å². The predicted molar refractivity (Wildman–Crippen MR) is 135 cm³/mol. The van der Waals surface area contributed by atoms with Crippen molar-refractivity contribution >= 4 is 41.7 Å².